The van der Waals surface area contributed by atoms with Gasteiger partial charge in [-0.3, -0.25) is 4.90 Å². The Morgan fingerprint density at radius 3 is 2.33 bits per heavy atom. The van der Waals surface area contributed by atoms with Crippen LogP contribution in [-0.4, -0.2) is 65.0 Å². The molecule has 0 aromatic carbocycles. The van der Waals surface area contributed by atoms with Crippen LogP contribution in [0.1, 0.15) is 39.4 Å². The average molecular weight is 311 g/mol. The Bertz CT molecular complexity index is 423. The maximum Gasteiger partial charge on any atom is 0.202 e. The van der Waals surface area contributed by atoms with Crippen molar-refractivity contribution in [3.8, 4) is 0 Å². The molecule has 21 heavy (non-hydrogen) atoms. The van der Waals surface area contributed by atoms with Crippen LogP contribution in [0.15, 0.2) is 0 Å². The second-order valence-corrected chi connectivity index (χ2v) is 7.40. The summed E-state index contributed by atoms with van der Waals surface area (Å²) in [7, 11) is 2.20. The standard InChI is InChI=1S/C15H29N5S/c1-11(2)13(20-8-6-19(5)7-9-20)10-16-15-17-14(12(3)4)18-21-15/h11-13H,6-10H2,1-5H3,(H,16,17,18). The van der Waals surface area contributed by atoms with Crippen molar-refractivity contribution in [2.24, 2.45) is 5.92 Å². The highest BCUT2D eigenvalue weighted by Gasteiger charge is 2.25. The van der Waals surface area contributed by atoms with E-state index >= 15 is 0 Å². The Labute approximate surface area is 132 Å². The molecule has 1 atom stereocenters. The van der Waals surface area contributed by atoms with Gasteiger partial charge in [-0.05, 0) is 13.0 Å². The molecule has 0 amide bonds. The van der Waals surface area contributed by atoms with Crippen LogP contribution in [0.4, 0.5) is 5.13 Å². The van der Waals surface area contributed by atoms with Crippen molar-refractivity contribution in [1.29, 1.82) is 0 Å². The number of piperazine rings is 1. The van der Waals surface area contributed by atoms with Gasteiger partial charge in [-0.1, -0.05) is 27.7 Å². The van der Waals surface area contributed by atoms with Gasteiger partial charge >= 0.3 is 0 Å². The normalized spacial score (nSPS) is 19.4. The molecule has 0 radical (unpaired) electrons. The number of likely N-dealkylation sites (N-methyl/N-ethyl adjacent to an activating group) is 1. The van der Waals surface area contributed by atoms with Crippen LogP contribution in [0.2, 0.25) is 0 Å². The molecule has 5 nitrogen and oxygen atoms in total. The van der Waals surface area contributed by atoms with E-state index in [0.717, 1.165) is 30.6 Å². The zero-order valence-corrected chi connectivity index (χ0v) is 14.8. The smallest absolute Gasteiger partial charge is 0.202 e. The molecule has 0 bridgehead atoms. The van der Waals surface area contributed by atoms with Gasteiger partial charge in [0.15, 0.2) is 0 Å². The highest BCUT2D eigenvalue weighted by atomic mass is 32.1. The van der Waals surface area contributed by atoms with E-state index in [1.807, 2.05) is 0 Å². The molecule has 2 heterocycles. The summed E-state index contributed by atoms with van der Waals surface area (Å²) in [6, 6.07) is 0.560. The summed E-state index contributed by atoms with van der Waals surface area (Å²) in [6.45, 7) is 14.5. The van der Waals surface area contributed by atoms with Gasteiger partial charge in [-0.2, -0.15) is 4.37 Å². The first-order valence-electron chi connectivity index (χ1n) is 7.97. The van der Waals surface area contributed by atoms with E-state index in [1.54, 1.807) is 0 Å². The van der Waals surface area contributed by atoms with Crippen molar-refractivity contribution in [3.63, 3.8) is 0 Å². The van der Waals surface area contributed by atoms with Crippen molar-refractivity contribution in [1.82, 2.24) is 19.2 Å². The SMILES string of the molecule is CC(C)c1nsc(NCC(C(C)C)N2CCN(C)CC2)n1. The number of aromatic nitrogens is 2. The lowest BCUT2D eigenvalue weighted by molar-refractivity contribution is 0.0944. The van der Waals surface area contributed by atoms with E-state index in [9.17, 15) is 0 Å². The lowest BCUT2D eigenvalue weighted by atomic mass is 10.0. The molecule has 6 heteroatoms. The predicted molar refractivity (Wildman–Crippen MR) is 90.2 cm³/mol. The van der Waals surface area contributed by atoms with Gasteiger partial charge < -0.3 is 10.2 Å². The van der Waals surface area contributed by atoms with Crippen LogP contribution in [0.25, 0.3) is 0 Å². The quantitative estimate of drug-likeness (QED) is 0.873. The van der Waals surface area contributed by atoms with Crippen molar-refractivity contribution < 1.29 is 0 Å². The fraction of sp³-hybridized carbons (Fsp3) is 0.867. The van der Waals surface area contributed by atoms with Gasteiger partial charge in [0.1, 0.15) is 5.82 Å². The Hall–Kier alpha value is -0.720. The first kappa shape index (κ1) is 16.6. The average Bonchev–Trinajstić information content (AvgIpc) is 2.90. The summed E-state index contributed by atoms with van der Waals surface area (Å²) in [5.74, 6) is 1.98. The maximum atomic E-state index is 4.57. The molecule has 1 fully saturated rings. The molecule has 0 saturated carbocycles. The van der Waals surface area contributed by atoms with E-state index in [1.165, 1.54) is 24.6 Å². The van der Waals surface area contributed by atoms with Gasteiger partial charge in [-0.25, -0.2) is 4.98 Å². The van der Waals surface area contributed by atoms with Crippen LogP contribution < -0.4 is 5.32 Å². The van der Waals surface area contributed by atoms with Crippen LogP contribution >= 0.6 is 11.5 Å². The molecule has 0 spiro atoms. The van der Waals surface area contributed by atoms with Crippen molar-refractivity contribution in [2.75, 3.05) is 45.1 Å². The molecular weight excluding hydrogens is 282 g/mol. The number of nitrogens with zero attached hydrogens (tertiary/aromatic N) is 4. The molecule has 1 aromatic rings. The minimum Gasteiger partial charge on any atom is -0.359 e. The van der Waals surface area contributed by atoms with Crippen LogP contribution in [-0.2, 0) is 0 Å². The highest BCUT2D eigenvalue weighted by Crippen LogP contribution is 2.19. The van der Waals surface area contributed by atoms with Crippen molar-refractivity contribution in [2.45, 2.75) is 39.7 Å². The summed E-state index contributed by atoms with van der Waals surface area (Å²) in [5.41, 5.74) is 0. The third kappa shape index (κ3) is 4.63. The molecule has 1 aromatic heterocycles. The minimum absolute atomic E-state index is 0.398. The summed E-state index contributed by atoms with van der Waals surface area (Å²) < 4.78 is 4.41. The van der Waals surface area contributed by atoms with E-state index in [2.05, 4.69) is 59.2 Å². The van der Waals surface area contributed by atoms with E-state index in [4.69, 9.17) is 0 Å². The molecule has 1 aliphatic heterocycles. The summed E-state index contributed by atoms with van der Waals surface area (Å²) in [5, 5.41) is 4.46. The predicted octanol–water partition coefficient (Wildman–Crippen LogP) is 2.35. The van der Waals surface area contributed by atoms with Gasteiger partial charge in [-0.15, -0.1) is 0 Å². The third-order valence-electron chi connectivity index (χ3n) is 4.20. The van der Waals surface area contributed by atoms with E-state index in [-0.39, 0.29) is 0 Å². The van der Waals surface area contributed by atoms with Crippen LogP contribution in [0.5, 0.6) is 0 Å². The fourth-order valence-corrected chi connectivity index (χ4v) is 3.39. The summed E-state index contributed by atoms with van der Waals surface area (Å²) in [6.07, 6.45) is 0. The Balaban J connectivity index is 1.90. The molecule has 0 aliphatic carbocycles. The lowest BCUT2D eigenvalue weighted by Gasteiger charge is -2.39. The van der Waals surface area contributed by atoms with E-state index in [0.29, 0.717) is 17.9 Å². The lowest BCUT2D eigenvalue weighted by Crippen LogP contribution is -2.52. The molecule has 2 rings (SSSR count). The Kier molecular flexibility index (Phi) is 5.96. The fourth-order valence-electron chi connectivity index (χ4n) is 2.67. The topological polar surface area (TPSA) is 44.3 Å². The third-order valence-corrected chi connectivity index (χ3v) is 4.88. The monoisotopic (exact) mass is 311 g/mol. The molecule has 1 unspecified atom stereocenters. The zero-order chi connectivity index (χ0) is 15.4. The second-order valence-electron chi connectivity index (χ2n) is 6.64. The number of nitrogens with one attached hydrogen (secondary N) is 1. The van der Waals surface area contributed by atoms with Gasteiger partial charge in [0, 0.05) is 56.2 Å². The van der Waals surface area contributed by atoms with Crippen molar-refractivity contribution >= 4 is 16.7 Å². The number of anilines is 1. The van der Waals surface area contributed by atoms with Gasteiger partial charge in [0.2, 0.25) is 5.13 Å². The first-order chi connectivity index (χ1) is 9.97. The number of rotatable bonds is 6. The van der Waals surface area contributed by atoms with Crippen LogP contribution in [0.3, 0.4) is 0 Å². The van der Waals surface area contributed by atoms with Gasteiger partial charge in [0.05, 0.1) is 0 Å². The zero-order valence-electron chi connectivity index (χ0n) is 14.0. The number of hydrogen-bond donors (Lipinski definition) is 1. The molecule has 1 N–H and O–H groups in total. The second kappa shape index (κ2) is 7.51. The van der Waals surface area contributed by atoms with Crippen LogP contribution in [0, 0.1) is 5.92 Å². The first-order valence-corrected chi connectivity index (χ1v) is 8.74. The maximum absolute atomic E-state index is 4.57. The number of hydrogen-bond acceptors (Lipinski definition) is 6. The largest absolute Gasteiger partial charge is 0.359 e. The summed E-state index contributed by atoms with van der Waals surface area (Å²) >= 11 is 1.48. The minimum atomic E-state index is 0.398. The van der Waals surface area contributed by atoms with Crippen molar-refractivity contribution in [3.05, 3.63) is 5.82 Å². The van der Waals surface area contributed by atoms with Gasteiger partial charge in [0.25, 0.3) is 0 Å². The Morgan fingerprint density at radius 1 is 1.14 bits per heavy atom. The molecule has 1 aliphatic rings. The molecule has 120 valence electrons. The molecular formula is C15H29N5S. The Morgan fingerprint density at radius 2 is 1.81 bits per heavy atom. The summed E-state index contributed by atoms with van der Waals surface area (Å²) in [4.78, 5) is 9.58. The highest BCUT2D eigenvalue weighted by molar-refractivity contribution is 7.09. The van der Waals surface area contributed by atoms with E-state index < -0.39 is 0 Å². The molecule has 1 saturated heterocycles.